The molecule has 14 heavy (non-hydrogen) atoms. The molecule has 0 fully saturated rings. The second kappa shape index (κ2) is 4.46. The number of phenols is 1. The van der Waals surface area contributed by atoms with E-state index in [0.717, 1.165) is 9.13 Å². The van der Waals surface area contributed by atoms with E-state index >= 15 is 0 Å². The minimum absolute atomic E-state index is 0.0595. The van der Waals surface area contributed by atoms with Crippen LogP contribution in [0.2, 0.25) is 0 Å². The van der Waals surface area contributed by atoms with Crippen LogP contribution in [0.15, 0.2) is 18.2 Å². The summed E-state index contributed by atoms with van der Waals surface area (Å²) in [6.07, 6.45) is 0.508. The SMILES string of the molecule is CC(N)(CCO)c1ccc(O)cc1I. The normalized spacial score (nSPS) is 15.1. The molecule has 78 valence electrons. The van der Waals surface area contributed by atoms with Crippen molar-refractivity contribution in [2.75, 3.05) is 6.61 Å². The molecule has 1 unspecified atom stereocenters. The van der Waals surface area contributed by atoms with Crippen molar-refractivity contribution in [1.29, 1.82) is 0 Å². The van der Waals surface area contributed by atoms with Crippen molar-refractivity contribution >= 4 is 22.6 Å². The molecule has 0 aliphatic rings. The first-order valence-electron chi connectivity index (χ1n) is 4.36. The molecule has 1 rings (SSSR count). The Labute approximate surface area is 97.1 Å². The van der Waals surface area contributed by atoms with Crippen LogP contribution in [-0.2, 0) is 5.54 Å². The second-order valence-electron chi connectivity index (χ2n) is 3.56. The summed E-state index contributed by atoms with van der Waals surface area (Å²) in [6, 6.07) is 5.07. The van der Waals surface area contributed by atoms with E-state index in [0.29, 0.717) is 6.42 Å². The molecule has 3 nitrogen and oxygen atoms in total. The second-order valence-corrected chi connectivity index (χ2v) is 4.72. The fraction of sp³-hybridized carbons (Fsp3) is 0.400. The molecule has 0 saturated carbocycles. The van der Waals surface area contributed by atoms with E-state index < -0.39 is 5.54 Å². The lowest BCUT2D eigenvalue weighted by Crippen LogP contribution is -2.34. The molecule has 0 heterocycles. The molecule has 0 aliphatic heterocycles. The number of aliphatic hydroxyl groups excluding tert-OH is 1. The largest absolute Gasteiger partial charge is 0.508 e. The standard InChI is InChI=1S/C10H14INO2/c1-10(12,4-5-13)8-3-2-7(14)6-9(8)11/h2-3,6,13-14H,4-5,12H2,1H3. The summed E-state index contributed by atoms with van der Waals surface area (Å²) in [5.74, 6) is 0.234. The number of halogens is 1. The van der Waals surface area contributed by atoms with Gasteiger partial charge < -0.3 is 15.9 Å². The van der Waals surface area contributed by atoms with Crippen LogP contribution in [0, 0.1) is 3.57 Å². The van der Waals surface area contributed by atoms with Crippen molar-refractivity contribution in [1.82, 2.24) is 0 Å². The van der Waals surface area contributed by atoms with Crippen LogP contribution in [0.4, 0.5) is 0 Å². The molecule has 0 bridgehead atoms. The Bertz CT molecular complexity index is 326. The van der Waals surface area contributed by atoms with Gasteiger partial charge in [-0.05, 0) is 53.6 Å². The number of aromatic hydroxyl groups is 1. The summed E-state index contributed by atoms with van der Waals surface area (Å²) < 4.78 is 0.918. The van der Waals surface area contributed by atoms with Crippen molar-refractivity contribution in [2.45, 2.75) is 18.9 Å². The lowest BCUT2D eigenvalue weighted by atomic mass is 9.90. The summed E-state index contributed by atoms with van der Waals surface area (Å²) in [5, 5.41) is 18.1. The van der Waals surface area contributed by atoms with Gasteiger partial charge in [0.1, 0.15) is 5.75 Å². The first kappa shape index (κ1) is 11.7. The smallest absolute Gasteiger partial charge is 0.116 e. The zero-order valence-corrected chi connectivity index (χ0v) is 10.2. The Morgan fingerprint density at radius 3 is 2.64 bits per heavy atom. The van der Waals surface area contributed by atoms with Gasteiger partial charge in [0.25, 0.3) is 0 Å². The Hall–Kier alpha value is -0.330. The third-order valence-corrected chi connectivity index (χ3v) is 3.09. The van der Waals surface area contributed by atoms with Gasteiger partial charge in [-0.1, -0.05) is 6.07 Å². The van der Waals surface area contributed by atoms with E-state index in [1.54, 1.807) is 18.2 Å². The maximum absolute atomic E-state index is 9.24. The van der Waals surface area contributed by atoms with Gasteiger partial charge in [0, 0.05) is 15.7 Å². The van der Waals surface area contributed by atoms with E-state index in [2.05, 4.69) is 22.6 Å². The molecule has 0 spiro atoms. The van der Waals surface area contributed by atoms with E-state index in [1.165, 1.54) is 0 Å². The van der Waals surface area contributed by atoms with Crippen molar-refractivity contribution in [3.63, 3.8) is 0 Å². The average molecular weight is 307 g/mol. The molecule has 1 aromatic carbocycles. The monoisotopic (exact) mass is 307 g/mol. The summed E-state index contributed by atoms with van der Waals surface area (Å²) in [5.41, 5.74) is 6.46. The maximum atomic E-state index is 9.24. The van der Waals surface area contributed by atoms with Crippen molar-refractivity contribution < 1.29 is 10.2 Å². The van der Waals surface area contributed by atoms with E-state index in [4.69, 9.17) is 10.8 Å². The average Bonchev–Trinajstić information content (AvgIpc) is 2.02. The molecule has 4 N–H and O–H groups in total. The Morgan fingerprint density at radius 2 is 2.14 bits per heavy atom. The molecule has 4 heteroatoms. The number of nitrogens with two attached hydrogens (primary N) is 1. The highest BCUT2D eigenvalue weighted by molar-refractivity contribution is 14.1. The van der Waals surface area contributed by atoms with E-state index in [1.807, 2.05) is 6.92 Å². The van der Waals surface area contributed by atoms with Crippen LogP contribution in [0.25, 0.3) is 0 Å². The summed E-state index contributed by atoms with van der Waals surface area (Å²) >= 11 is 2.13. The first-order chi connectivity index (χ1) is 6.47. The van der Waals surface area contributed by atoms with Gasteiger partial charge >= 0.3 is 0 Å². The van der Waals surface area contributed by atoms with E-state index in [-0.39, 0.29) is 12.4 Å². The van der Waals surface area contributed by atoms with Crippen LogP contribution in [0.5, 0.6) is 5.75 Å². The molecule has 0 amide bonds. The maximum Gasteiger partial charge on any atom is 0.116 e. The van der Waals surface area contributed by atoms with Crippen LogP contribution in [0.3, 0.4) is 0 Å². The molecular formula is C10H14INO2. The van der Waals surface area contributed by atoms with Crippen molar-refractivity contribution in [2.24, 2.45) is 5.73 Å². The lowest BCUT2D eigenvalue weighted by Gasteiger charge is -2.25. The highest BCUT2D eigenvalue weighted by atomic mass is 127. The predicted molar refractivity (Wildman–Crippen MR) is 64.1 cm³/mol. The Kier molecular flexibility index (Phi) is 3.74. The third kappa shape index (κ3) is 2.59. The van der Waals surface area contributed by atoms with E-state index in [9.17, 15) is 5.11 Å². The molecule has 1 aromatic rings. The Morgan fingerprint density at radius 1 is 1.50 bits per heavy atom. The van der Waals surface area contributed by atoms with Gasteiger partial charge in [-0.2, -0.15) is 0 Å². The number of aliphatic hydroxyl groups is 1. The van der Waals surface area contributed by atoms with Gasteiger partial charge in [0.2, 0.25) is 0 Å². The zero-order chi connectivity index (χ0) is 10.8. The number of phenolic OH excluding ortho intramolecular Hbond substituents is 1. The highest BCUT2D eigenvalue weighted by Gasteiger charge is 2.22. The molecule has 1 atom stereocenters. The zero-order valence-electron chi connectivity index (χ0n) is 8.00. The number of benzene rings is 1. The van der Waals surface area contributed by atoms with Crippen molar-refractivity contribution in [3.8, 4) is 5.75 Å². The molecule has 0 aromatic heterocycles. The fourth-order valence-corrected chi connectivity index (χ4v) is 2.45. The van der Waals surface area contributed by atoms with Gasteiger partial charge in [-0.25, -0.2) is 0 Å². The van der Waals surface area contributed by atoms with Gasteiger partial charge in [0.05, 0.1) is 0 Å². The first-order valence-corrected chi connectivity index (χ1v) is 5.44. The minimum atomic E-state index is -0.543. The topological polar surface area (TPSA) is 66.5 Å². The summed E-state index contributed by atoms with van der Waals surface area (Å²) in [6.45, 7) is 1.93. The van der Waals surface area contributed by atoms with Crippen LogP contribution in [0.1, 0.15) is 18.9 Å². The molecule has 0 radical (unpaired) electrons. The number of hydrogen-bond donors (Lipinski definition) is 3. The summed E-state index contributed by atoms with van der Waals surface area (Å²) in [7, 11) is 0. The van der Waals surface area contributed by atoms with Crippen molar-refractivity contribution in [3.05, 3.63) is 27.3 Å². The predicted octanol–water partition coefficient (Wildman–Crippen LogP) is 1.55. The summed E-state index contributed by atoms with van der Waals surface area (Å²) in [4.78, 5) is 0. The van der Waals surface area contributed by atoms with Gasteiger partial charge in [0.15, 0.2) is 0 Å². The third-order valence-electron chi connectivity index (χ3n) is 2.20. The molecular weight excluding hydrogens is 293 g/mol. The minimum Gasteiger partial charge on any atom is -0.508 e. The Balaban J connectivity index is 3.06. The van der Waals surface area contributed by atoms with Crippen LogP contribution >= 0.6 is 22.6 Å². The van der Waals surface area contributed by atoms with Gasteiger partial charge in [-0.15, -0.1) is 0 Å². The van der Waals surface area contributed by atoms with Crippen LogP contribution in [-0.4, -0.2) is 16.8 Å². The fourth-order valence-electron chi connectivity index (χ4n) is 1.33. The number of rotatable bonds is 3. The molecule has 0 aliphatic carbocycles. The quantitative estimate of drug-likeness (QED) is 0.742. The highest BCUT2D eigenvalue weighted by Crippen LogP contribution is 2.28. The van der Waals surface area contributed by atoms with Crippen LogP contribution < -0.4 is 5.73 Å². The number of hydrogen-bond acceptors (Lipinski definition) is 3. The molecule has 0 saturated heterocycles. The van der Waals surface area contributed by atoms with Gasteiger partial charge in [-0.3, -0.25) is 0 Å². The lowest BCUT2D eigenvalue weighted by molar-refractivity contribution is 0.247.